The van der Waals surface area contributed by atoms with Crippen molar-refractivity contribution in [2.75, 3.05) is 5.73 Å². The fourth-order valence-electron chi connectivity index (χ4n) is 1.59. The van der Waals surface area contributed by atoms with Gasteiger partial charge in [0, 0.05) is 11.8 Å². The van der Waals surface area contributed by atoms with Crippen LogP contribution in [0.3, 0.4) is 0 Å². The van der Waals surface area contributed by atoms with Crippen LogP contribution in [-0.4, -0.2) is 17.8 Å². The number of nitrogens with zero attached hydrogens (tertiary/aromatic N) is 2. The van der Waals surface area contributed by atoms with Crippen molar-refractivity contribution in [2.45, 2.75) is 0 Å². The highest BCUT2D eigenvalue weighted by atomic mass is 19.1. The molecule has 0 unspecified atom stereocenters. The number of aromatic nitrogens is 1. The van der Waals surface area contributed by atoms with E-state index in [0.717, 1.165) is 0 Å². The van der Waals surface area contributed by atoms with Crippen molar-refractivity contribution >= 4 is 24.7 Å². The minimum Gasteiger partial charge on any atom is -0.393 e. The van der Waals surface area contributed by atoms with E-state index in [-0.39, 0.29) is 16.7 Å². The Balaban J connectivity index is 2.75. The number of hydrogen-bond acceptors (Lipinski definition) is 4. The lowest BCUT2D eigenvalue weighted by atomic mass is 9.90. The van der Waals surface area contributed by atoms with Gasteiger partial charge in [-0.2, -0.15) is 4.39 Å². The lowest BCUT2D eigenvalue weighted by Gasteiger charge is -2.08. The number of nitrogen functional groups attached to an aromatic ring is 1. The summed E-state index contributed by atoms with van der Waals surface area (Å²) in [6.45, 7) is 0. The number of nitro groups is 1. The molecular weight excluding hydrogens is 236 g/mol. The van der Waals surface area contributed by atoms with Crippen molar-refractivity contribution in [1.82, 2.24) is 4.98 Å². The zero-order valence-corrected chi connectivity index (χ0v) is 9.13. The van der Waals surface area contributed by atoms with Gasteiger partial charge in [-0.25, -0.2) is 0 Å². The second-order valence-corrected chi connectivity index (χ2v) is 3.56. The number of hydrogen-bond donors (Lipinski definition) is 1. The highest BCUT2D eigenvalue weighted by molar-refractivity contribution is 6.33. The Morgan fingerprint density at radius 1 is 1.44 bits per heavy atom. The second-order valence-electron chi connectivity index (χ2n) is 3.56. The van der Waals surface area contributed by atoms with E-state index in [9.17, 15) is 14.5 Å². The third-order valence-corrected chi connectivity index (χ3v) is 2.43. The van der Waals surface area contributed by atoms with Crippen molar-refractivity contribution in [1.29, 1.82) is 0 Å². The van der Waals surface area contributed by atoms with Crippen molar-refractivity contribution < 1.29 is 9.31 Å². The smallest absolute Gasteiger partial charge is 0.327 e. The molecule has 0 saturated heterocycles. The molecule has 0 saturated carbocycles. The molecule has 0 fully saturated rings. The summed E-state index contributed by atoms with van der Waals surface area (Å²) in [6.07, 6.45) is 1.50. The van der Waals surface area contributed by atoms with E-state index >= 15 is 0 Å². The lowest BCUT2D eigenvalue weighted by molar-refractivity contribution is -0.386. The Hall–Kier alpha value is -2.44. The Morgan fingerprint density at radius 3 is 2.72 bits per heavy atom. The van der Waals surface area contributed by atoms with Gasteiger partial charge in [0.05, 0.1) is 10.6 Å². The maximum absolute atomic E-state index is 13.5. The summed E-state index contributed by atoms with van der Waals surface area (Å²) >= 11 is 0. The summed E-state index contributed by atoms with van der Waals surface area (Å²) in [5, 5.41) is 10.8. The van der Waals surface area contributed by atoms with Crippen LogP contribution in [0, 0.1) is 15.9 Å². The standard InChI is InChI=1S/C11H7BFN3O2/c12-7-5-6(8-3-1-2-4-15-8)10(14)11(9(7)13)16(17)18/h1-5H,14H2. The number of anilines is 1. The third kappa shape index (κ3) is 1.90. The molecule has 1 aromatic carbocycles. The number of pyridine rings is 1. The predicted molar refractivity (Wildman–Crippen MR) is 66.1 cm³/mol. The average Bonchev–Trinajstić information content (AvgIpc) is 2.34. The van der Waals surface area contributed by atoms with E-state index < -0.39 is 16.4 Å². The molecule has 5 nitrogen and oxygen atoms in total. The molecule has 0 aliphatic rings. The first kappa shape index (κ1) is 12.0. The van der Waals surface area contributed by atoms with Crippen LogP contribution in [0.4, 0.5) is 15.8 Å². The largest absolute Gasteiger partial charge is 0.393 e. The number of halogens is 1. The van der Waals surface area contributed by atoms with Crippen LogP contribution >= 0.6 is 0 Å². The van der Waals surface area contributed by atoms with Gasteiger partial charge in [0.15, 0.2) is 5.82 Å². The molecule has 0 aliphatic carbocycles. The summed E-state index contributed by atoms with van der Waals surface area (Å²) in [6, 6.07) is 6.21. The quantitative estimate of drug-likeness (QED) is 0.371. The van der Waals surface area contributed by atoms with Gasteiger partial charge in [-0.15, -0.1) is 0 Å². The molecule has 2 aromatic rings. The zero-order valence-electron chi connectivity index (χ0n) is 9.13. The molecule has 1 aromatic heterocycles. The number of benzene rings is 1. The molecule has 2 radical (unpaired) electrons. The number of rotatable bonds is 2. The molecule has 88 valence electrons. The molecule has 0 bridgehead atoms. The maximum atomic E-state index is 13.5. The van der Waals surface area contributed by atoms with E-state index in [1.165, 1.54) is 12.3 Å². The number of nitrogens with two attached hydrogens (primary N) is 1. The molecule has 7 heteroatoms. The molecule has 1 heterocycles. The summed E-state index contributed by atoms with van der Waals surface area (Å²) in [4.78, 5) is 13.9. The van der Waals surface area contributed by atoms with E-state index in [1.807, 2.05) is 0 Å². The summed E-state index contributed by atoms with van der Waals surface area (Å²) in [5.41, 5.74) is 4.79. The van der Waals surface area contributed by atoms with Crippen LogP contribution in [0.5, 0.6) is 0 Å². The molecule has 0 atom stereocenters. The Labute approximate surface area is 103 Å². The lowest BCUT2D eigenvalue weighted by Crippen LogP contribution is -2.14. The molecule has 0 spiro atoms. The van der Waals surface area contributed by atoms with Crippen LogP contribution < -0.4 is 11.2 Å². The van der Waals surface area contributed by atoms with E-state index in [1.54, 1.807) is 18.2 Å². The van der Waals surface area contributed by atoms with E-state index in [2.05, 4.69) is 4.98 Å². The van der Waals surface area contributed by atoms with Gasteiger partial charge in [-0.05, 0) is 12.1 Å². The fraction of sp³-hybridized carbons (Fsp3) is 0. The normalized spacial score (nSPS) is 10.3. The van der Waals surface area contributed by atoms with Crippen molar-refractivity contribution in [3.05, 3.63) is 46.4 Å². The van der Waals surface area contributed by atoms with Crippen molar-refractivity contribution in [2.24, 2.45) is 0 Å². The summed E-state index contributed by atoms with van der Waals surface area (Å²) in [7, 11) is 5.40. The van der Waals surface area contributed by atoms with Crippen LogP contribution in [-0.2, 0) is 0 Å². The topological polar surface area (TPSA) is 82.0 Å². The molecular formula is C11H7BFN3O2. The predicted octanol–water partition coefficient (Wildman–Crippen LogP) is 1.17. The zero-order chi connectivity index (χ0) is 13.3. The van der Waals surface area contributed by atoms with Crippen LogP contribution in [0.15, 0.2) is 30.5 Å². The van der Waals surface area contributed by atoms with Crippen LogP contribution in [0.1, 0.15) is 0 Å². The molecule has 0 amide bonds. The van der Waals surface area contributed by atoms with Crippen LogP contribution in [0.2, 0.25) is 0 Å². The molecule has 18 heavy (non-hydrogen) atoms. The highest BCUT2D eigenvalue weighted by Gasteiger charge is 2.24. The minimum absolute atomic E-state index is 0.237. The Kier molecular flexibility index (Phi) is 2.97. The fourth-order valence-corrected chi connectivity index (χ4v) is 1.59. The van der Waals surface area contributed by atoms with Crippen LogP contribution in [0.25, 0.3) is 11.3 Å². The second kappa shape index (κ2) is 4.44. The van der Waals surface area contributed by atoms with Gasteiger partial charge >= 0.3 is 5.69 Å². The first-order valence-corrected chi connectivity index (χ1v) is 4.95. The Morgan fingerprint density at radius 2 is 2.17 bits per heavy atom. The highest BCUT2D eigenvalue weighted by Crippen LogP contribution is 2.32. The molecule has 2 N–H and O–H groups in total. The SMILES string of the molecule is [B]c1cc(-c2ccccn2)c(N)c([N+](=O)[O-])c1F. The summed E-state index contributed by atoms with van der Waals surface area (Å²) < 4.78 is 13.5. The molecule has 0 aliphatic heterocycles. The van der Waals surface area contributed by atoms with Gasteiger partial charge < -0.3 is 5.73 Å². The van der Waals surface area contributed by atoms with Gasteiger partial charge in [-0.1, -0.05) is 17.6 Å². The first-order chi connectivity index (χ1) is 8.52. The minimum atomic E-state index is -1.13. The van der Waals surface area contributed by atoms with Gasteiger partial charge in [0.25, 0.3) is 0 Å². The number of nitro benzene ring substituents is 1. The maximum Gasteiger partial charge on any atom is 0.327 e. The van der Waals surface area contributed by atoms with Gasteiger partial charge in [0.1, 0.15) is 13.5 Å². The van der Waals surface area contributed by atoms with Crippen molar-refractivity contribution in [3.63, 3.8) is 0 Å². The molecule has 2 rings (SSSR count). The van der Waals surface area contributed by atoms with Gasteiger partial charge in [0.2, 0.25) is 0 Å². The first-order valence-electron chi connectivity index (χ1n) is 4.95. The monoisotopic (exact) mass is 243 g/mol. The Bertz CT molecular complexity index is 619. The average molecular weight is 243 g/mol. The van der Waals surface area contributed by atoms with E-state index in [4.69, 9.17) is 13.6 Å². The summed E-state index contributed by atoms with van der Waals surface area (Å²) in [5.74, 6) is -1.13. The third-order valence-electron chi connectivity index (χ3n) is 2.43. The van der Waals surface area contributed by atoms with Gasteiger partial charge in [-0.3, -0.25) is 15.1 Å². The van der Waals surface area contributed by atoms with Crippen molar-refractivity contribution in [3.8, 4) is 11.3 Å². The van der Waals surface area contributed by atoms with E-state index in [0.29, 0.717) is 5.69 Å².